The number of aromatic carboxylic acids is 1. The van der Waals surface area contributed by atoms with Crippen LogP contribution in [0.2, 0.25) is 0 Å². The summed E-state index contributed by atoms with van der Waals surface area (Å²) in [5.74, 6) is -0.617. The summed E-state index contributed by atoms with van der Waals surface area (Å²) in [4.78, 5) is 15.4. The molecule has 0 aliphatic heterocycles. The Morgan fingerprint density at radius 3 is 2.32 bits per heavy atom. The van der Waals surface area contributed by atoms with E-state index < -0.39 is 15.8 Å². The van der Waals surface area contributed by atoms with E-state index in [2.05, 4.69) is 4.98 Å². The summed E-state index contributed by atoms with van der Waals surface area (Å²) in [5, 5.41) is 8.92. The zero-order valence-electron chi connectivity index (χ0n) is 13.3. The van der Waals surface area contributed by atoms with Gasteiger partial charge >= 0.3 is 5.97 Å². The molecule has 3 aromatic rings. The van der Waals surface area contributed by atoms with Crippen LogP contribution < -0.4 is 0 Å². The Kier molecular flexibility index (Phi) is 4.41. The monoisotopic (exact) mass is 357 g/mol. The molecule has 7 heteroatoms. The zero-order chi connectivity index (χ0) is 18.0. The lowest BCUT2D eigenvalue weighted by Crippen LogP contribution is -2.06. The van der Waals surface area contributed by atoms with Crippen molar-refractivity contribution in [2.45, 2.75) is 17.6 Å². The molecule has 128 valence electrons. The molecule has 2 aromatic carbocycles. The van der Waals surface area contributed by atoms with Crippen LogP contribution in [-0.4, -0.2) is 24.5 Å². The number of rotatable bonds is 5. The van der Waals surface area contributed by atoms with E-state index in [1.165, 1.54) is 24.3 Å². The molecule has 0 saturated heterocycles. The molecule has 0 spiro atoms. The van der Waals surface area contributed by atoms with E-state index in [9.17, 15) is 13.2 Å². The highest BCUT2D eigenvalue weighted by Crippen LogP contribution is 2.25. The van der Waals surface area contributed by atoms with Gasteiger partial charge < -0.3 is 9.52 Å². The van der Waals surface area contributed by atoms with Gasteiger partial charge in [-0.2, -0.15) is 0 Å². The lowest BCUT2D eigenvalue weighted by atomic mass is 10.1. The molecule has 25 heavy (non-hydrogen) atoms. The van der Waals surface area contributed by atoms with Crippen LogP contribution >= 0.6 is 0 Å². The first-order valence-electron chi connectivity index (χ1n) is 7.44. The molecule has 6 nitrogen and oxygen atoms in total. The molecular formula is C18H15NO5S. The molecule has 0 saturated carbocycles. The molecule has 1 N–H and O–H groups in total. The van der Waals surface area contributed by atoms with Crippen molar-refractivity contribution < 1.29 is 22.7 Å². The quantitative estimate of drug-likeness (QED) is 0.752. The Labute approximate surface area is 144 Å². The van der Waals surface area contributed by atoms with E-state index in [1.807, 2.05) is 0 Å². The maximum absolute atomic E-state index is 12.5. The average Bonchev–Trinajstić information content (AvgIpc) is 2.96. The summed E-state index contributed by atoms with van der Waals surface area (Å²) >= 11 is 0. The van der Waals surface area contributed by atoms with Gasteiger partial charge in [0, 0.05) is 5.56 Å². The van der Waals surface area contributed by atoms with Crippen LogP contribution in [-0.2, 0) is 15.6 Å². The SMILES string of the molecule is Cc1oc(-c2ccc(C(=O)O)cc2)nc1CS(=O)(=O)c1ccccc1. The van der Waals surface area contributed by atoms with Crippen LogP contribution in [0.1, 0.15) is 21.8 Å². The first-order chi connectivity index (χ1) is 11.9. The summed E-state index contributed by atoms with van der Waals surface area (Å²) in [6.07, 6.45) is 0. The number of oxazole rings is 1. The van der Waals surface area contributed by atoms with E-state index in [4.69, 9.17) is 9.52 Å². The molecule has 0 radical (unpaired) electrons. The molecule has 0 atom stereocenters. The van der Waals surface area contributed by atoms with E-state index in [1.54, 1.807) is 37.3 Å². The van der Waals surface area contributed by atoms with Crippen molar-refractivity contribution in [3.05, 3.63) is 71.6 Å². The summed E-state index contributed by atoms with van der Waals surface area (Å²) in [6.45, 7) is 1.65. The summed E-state index contributed by atoms with van der Waals surface area (Å²) in [5.41, 5.74) is 1.07. The third-order valence-electron chi connectivity index (χ3n) is 3.70. The number of nitrogens with zero attached hydrogens (tertiary/aromatic N) is 1. The second kappa shape index (κ2) is 6.52. The van der Waals surface area contributed by atoms with Crippen molar-refractivity contribution in [3.8, 4) is 11.5 Å². The number of carboxylic acid groups (broad SMARTS) is 1. The van der Waals surface area contributed by atoms with E-state index in [-0.39, 0.29) is 22.1 Å². The van der Waals surface area contributed by atoms with Crippen LogP contribution in [0.15, 0.2) is 63.9 Å². The highest BCUT2D eigenvalue weighted by molar-refractivity contribution is 7.90. The minimum atomic E-state index is -3.52. The van der Waals surface area contributed by atoms with Crippen molar-refractivity contribution in [2.24, 2.45) is 0 Å². The molecule has 0 bridgehead atoms. The third-order valence-corrected chi connectivity index (χ3v) is 5.34. The molecule has 0 aliphatic carbocycles. The van der Waals surface area contributed by atoms with Gasteiger partial charge in [0.25, 0.3) is 0 Å². The Morgan fingerprint density at radius 1 is 1.08 bits per heavy atom. The van der Waals surface area contributed by atoms with Gasteiger partial charge in [-0.25, -0.2) is 18.2 Å². The fourth-order valence-electron chi connectivity index (χ4n) is 2.33. The average molecular weight is 357 g/mol. The standard InChI is InChI=1S/C18H15NO5S/c1-12-16(11-25(22,23)15-5-3-2-4-6-15)19-17(24-12)13-7-9-14(10-8-13)18(20)21/h2-10H,11H2,1H3,(H,20,21). The minimum Gasteiger partial charge on any atom is -0.478 e. The number of aryl methyl sites for hydroxylation is 1. The van der Waals surface area contributed by atoms with Gasteiger partial charge in [0.2, 0.25) is 5.89 Å². The molecule has 1 aromatic heterocycles. The van der Waals surface area contributed by atoms with Gasteiger partial charge in [-0.05, 0) is 43.3 Å². The van der Waals surface area contributed by atoms with Crippen molar-refractivity contribution in [3.63, 3.8) is 0 Å². The summed E-state index contributed by atoms with van der Waals surface area (Å²) in [7, 11) is -3.52. The number of carbonyl (C=O) groups is 1. The number of hydrogen-bond acceptors (Lipinski definition) is 5. The Bertz CT molecular complexity index is 1010. The summed E-state index contributed by atoms with van der Waals surface area (Å²) in [6, 6.07) is 14.2. The molecule has 0 amide bonds. The normalized spacial score (nSPS) is 11.4. The summed E-state index contributed by atoms with van der Waals surface area (Å²) < 4.78 is 30.5. The fraction of sp³-hybridized carbons (Fsp3) is 0.111. The lowest BCUT2D eigenvalue weighted by Gasteiger charge is -2.02. The Balaban J connectivity index is 1.89. The lowest BCUT2D eigenvalue weighted by molar-refractivity contribution is 0.0697. The Hall–Kier alpha value is -2.93. The smallest absolute Gasteiger partial charge is 0.335 e. The largest absolute Gasteiger partial charge is 0.478 e. The number of sulfone groups is 1. The van der Waals surface area contributed by atoms with Crippen LogP contribution in [0.4, 0.5) is 0 Å². The fourth-order valence-corrected chi connectivity index (χ4v) is 3.70. The van der Waals surface area contributed by atoms with Gasteiger partial charge in [0.1, 0.15) is 11.5 Å². The van der Waals surface area contributed by atoms with Gasteiger partial charge in [-0.3, -0.25) is 0 Å². The molecular weight excluding hydrogens is 342 g/mol. The first-order valence-corrected chi connectivity index (χ1v) is 9.10. The highest BCUT2D eigenvalue weighted by atomic mass is 32.2. The van der Waals surface area contributed by atoms with Gasteiger partial charge in [-0.15, -0.1) is 0 Å². The van der Waals surface area contributed by atoms with E-state index in [0.29, 0.717) is 17.0 Å². The van der Waals surface area contributed by atoms with Gasteiger partial charge in [0.05, 0.1) is 16.2 Å². The van der Waals surface area contributed by atoms with Gasteiger partial charge in [0.15, 0.2) is 9.84 Å². The molecule has 0 unspecified atom stereocenters. The molecule has 0 aliphatic rings. The minimum absolute atomic E-state index is 0.152. The zero-order valence-corrected chi connectivity index (χ0v) is 14.2. The van der Waals surface area contributed by atoms with E-state index >= 15 is 0 Å². The van der Waals surface area contributed by atoms with Crippen LogP contribution in [0.3, 0.4) is 0 Å². The number of aromatic nitrogens is 1. The Morgan fingerprint density at radius 2 is 1.72 bits per heavy atom. The van der Waals surface area contributed by atoms with Crippen LogP contribution in [0, 0.1) is 6.92 Å². The third kappa shape index (κ3) is 3.61. The predicted molar refractivity (Wildman–Crippen MR) is 91.0 cm³/mol. The van der Waals surface area contributed by atoms with E-state index in [0.717, 1.165) is 0 Å². The highest BCUT2D eigenvalue weighted by Gasteiger charge is 2.21. The predicted octanol–water partition coefficient (Wildman–Crippen LogP) is 3.32. The second-order valence-corrected chi connectivity index (χ2v) is 7.47. The molecule has 1 heterocycles. The van der Waals surface area contributed by atoms with Crippen molar-refractivity contribution in [2.75, 3.05) is 0 Å². The van der Waals surface area contributed by atoms with Crippen LogP contribution in [0.5, 0.6) is 0 Å². The van der Waals surface area contributed by atoms with Crippen molar-refractivity contribution >= 4 is 15.8 Å². The first kappa shape index (κ1) is 16.9. The van der Waals surface area contributed by atoms with Gasteiger partial charge in [-0.1, -0.05) is 18.2 Å². The van der Waals surface area contributed by atoms with Crippen molar-refractivity contribution in [1.29, 1.82) is 0 Å². The number of benzene rings is 2. The maximum atomic E-state index is 12.5. The van der Waals surface area contributed by atoms with Crippen LogP contribution in [0.25, 0.3) is 11.5 Å². The molecule has 0 fully saturated rings. The van der Waals surface area contributed by atoms with Crippen molar-refractivity contribution in [1.82, 2.24) is 4.98 Å². The number of hydrogen-bond donors (Lipinski definition) is 1. The molecule has 3 rings (SSSR count). The topological polar surface area (TPSA) is 97.5 Å². The number of carboxylic acids is 1. The second-order valence-electron chi connectivity index (χ2n) is 5.48. The maximum Gasteiger partial charge on any atom is 0.335 e.